The fraction of sp³-hybridized carbons (Fsp3) is 0.316. The third kappa shape index (κ3) is 4.52. The van der Waals surface area contributed by atoms with Gasteiger partial charge in [0.15, 0.2) is 11.5 Å². The van der Waals surface area contributed by atoms with Gasteiger partial charge in [-0.25, -0.2) is 0 Å². The van der Waals surface area contributed by atoms with E-state index in [0.717, 1.165) is 16.9 Å². The zero-order chi connectivity index (χ0) is 18.6. The second kappa shape index (κ2) is 9.20. The molecule has 7 heteroatoms. The first-order chi connectivity index (χ1) is 11.9. The van der Waals surface area contributed by atoms with Crippen molar-refractivity contribution in [1.82, 2.24) is 0 Å². The Kier molecular flexibility index (Phi) is 7.58. The van der Waals surface area contributed by atoms with E-state index < -0.39 is 0 Å². The Morgan fingerprint density at radius 1 is 0.962 bits per heavy atom. The van der Waals surface area contributed by atoms with Gasteiger partial charge in [0.2, 0.25) is 5.75 Å². The minimum absolute atomic E-state index is 0. The normalized spacial score (nSPS) is 9.77. The summed E-state index contributed by atoms with van der Waals surface area (Å²) in [5.74, 6) is 1.08. The van der Waals surface area contributed by atoms with Gasteiger partial charge in [-0.3, -0.25) is 4.79 Å². The van der Waals surface area contributed by atoms with Gasteiger partial charge in [-0.15, -0.1) is 12.4 Å². The number of carbonyl (C=O) groups is 1. The highest BCUT2D eigenvalue weighted by Gasteiger charge is 2.17. The molecule has 0 atom stereocenters. The van der Waals surface area contributed by atoms with Gasteiger partial charge in [-0.2, -0.15) is 0 Å². The van der Waals surface area contributed by atoms with Gasteiger partial charge in [-0.1, -0.05) is 0 Å². The van der Waals surface area contributed by atoms with Crippen LogP contribution < -0.4 is 24.4 Å². The molecule has 26 heavy (non-hydrogen) atoms. The van der Waals surface area contributed by atoms with Crippen molar-refractivity contribution in [3.05, 3.63) is 41.5 Å². The maximum atomic E-state index is 12.6. The standard InChI is InChI=1S/C19H24N2O4.ClH/c1-12-9-14(21(2)3)7-8-15(12)20-19(22)13-10-16(23-4)18(25-6)17(11-13)24-5;/h7-11H,1-6H3,(H,20,22);1H. The lowest BCUT2D eigenvalue weighted by Gasteiger charge is -2.16. The minimum atomic E-state index is -0.250. The third-order valence-electron chi connectivity index (χ3n) is 3.90. The molecule has 0 aliphatic rings. The Labute approximate surface area is 160 Å². The van der Waals surface area contributed by atoms with E-state index in [1.165, 1.54) is 21.3 Å². The fourth-order valence-corrected chi connectivity index (χ4v) is 2.47. The van der Waals surface area contributed by atoms with Gasteiger partial charge in [0.1, 0.15) is 0 Å². The first-order valence-corrected chi connectivity index (χ1v) is 7.80. The summed E-state index contributed by atoms with van der Waals surface area (Å²) in [6, 6.07) is 9.11. The first-order valence-electron chi connectivity index (χ1n) is 7.80. The molecule has 6 nitrogen and oxygen atoms in total. The van der Waals surface area contributed by atoms with Crippen LogP contribution in [0.5, 0.6) is 17.2 Å². The number of methoxy groups -OCH3 is 3. The van der Waals surface area contributed by atoms with E-state index in [2.05, 4.69) is 5.32 Å². The number of halogens is 1. The third-order valence-corrected chi connectivity index (χ3v) is 3.90. The highest BCUT2D eigenvalue weighted by atomic mass is 35.5. The Morgan fingerprint density at radius 2 is 1.54 bits per heavy atom. The Bertz CT molecular complexity index is 753. The summed E-state index contributed by atoms with van der Waals surface area (Å²) in [7, 11) is 8.51. The molecule has 2 rings (SSSR count). The lowest BCUT2D eigenvalue weighted by atomic mass is 10.1. The van der Waals surface area contributed by atoms with Crippen molar-refractivity contribution in [3.8, 4) is 17.2 Å². The largest absolute Gasteiger partial charge is 0.493 e. The number of nitrogens with zero attached hydrogens (tertiary/aromatic N) is 1. The van der Waals surface area contributed by atoms with Crippen LogP contribution >= 0.6 is 12.4 Å². The van der Waals surface area contributed by atoms with Crippen molar-refractivity contribution in [1.29, 1.82) is 0 Å². The van der Waals surface area contributed by atoms with Crippen LogP contribution in [-0.4, -0.2) is 41.3 Å². The molecule has 1 amide bonds. The molecular weight excluding hydrogens is 356 g/mol. The highest BCUT2D eigenvalue weighted by molar-refractivity contribution is 6.05. The van der Waals surface area contributed by atoms with E-state index in [0.29, 0.717) is 22.8 Å². The average molecular weight is 381 g/mol. The highest BCUT2D eigenvalue weighted by Crippen LogP contribution is 2.38. The number of hydrogen-bond acceptors (Lipinski definition) is 5. The van der Waals surface area contributed by atoms with E-state index in [9.17, 15) is 4.79 Å². The van der Waals surface area contributed by atoms with E-state index >= 15 is 0 Å². The van der Waals surface area contributed by atoms with Crippen LogP contribution in [-0.2, 0) is 0 Å². The molecule has 0 saturated carbocycles. The number of amides is 1. The summed E-state index contributed by atoms with van der Waals surface area (Å²) in [5, 5.41) is 2.92. The Morgan fingerprint density at radius 3 is 1.96 bits per heavy atom. The summed E-state index contributed by atoms with van der Waals surface area (Å²) in [5.41, 5.74) is 3.23. The molecule has 0 saturated heterocycles. The van der Waals surface area contributed by atoms with Crippen LogP contribution in [0.25, 0.3) is 0 Å². The molecule has 0 spiro atoms. The van der Waals surface area contributed by atoms with Gasteiger partial charge in [0, 0.05) is 31.0 Å². The van der Waals surface area contributed by atoms with Crippen molar-refractivity contribution in [3.63, 3.8) is 0 Å². The van der Waals surface area contributed by atoms with Crippen molar-refractivity contribution < 1.29 is 19.0 Å². The zero-order valence-electron chi connectivity index (χ0n) is 15.9. The summed E-state index contributed by atoms with van der Waals surface area (Å²) >= 11 is 0. The van der Waals surface area contributed by atoms with Gasteiger partial charge in [0.25, 0.3) is 5.91 Å². The SMILES string of the molecule is COc1cc(C(=O)Nc2ccc(N(C)C)cc2C)cc(OC)c1OC.Cl. The minimum Gasteiger partial charge on any atom is -0.493 e. The number of aryl methyl sites for hydroxylation is 1. The van der Waals surface area contributed by atoms with Crippen LogP contribution in [0.1, 0.15) is 15.9 Å². The molecule has 0 unspecified atom stereocenters. The smallest absolute Gasteiger partial charge is 0.255 e. The summed E-state index contributed by atoms with van der Waals surface area (Å²) in [4.78, 5) is 14.7. The van der Waals surface area contributed by atoms with Crippen LogP contribution in [0.3, 0.4) is 0 Å². The van der Waals surface area contributed by atoms with Crippen LogP contribution in [0.2, 0.25) is 0 Å². The number of nitrogens with one attached hydrogen (secondary N) is 1. The summed E-state index contributed by atoms with van der Waals surface area (Å²) in [6.07, 6.45) is 0. The van der Waals surface area contributed by atoms with E-state index in [1.807, 2.05) is 44.1 Å². The predicted molar refractivity (Wildman–Crippen MR) is 107 cm³/mol. The number of anilines is 2. The van der Waals surface area contributed by atoms with Crippen LogP contribution in [0, 0.1) is 6.92 Å². The maximum absolute atomic E-state index is 12.6. The molecule has 0 bridgehead atoms. The Hall–Kier alpha value is -2.60. The van der Waals surface area contributed by atoms with Crippen LogP contribution in [0.4, 0.5) is 11.4 Å². The van der Waals surface area contributed by atoms with Crippen LogP contribution in [0.15, 0.2) is 30.3 Å². The Balaban J connectivity index is 0.00000338. The van der Waals surface area contributed by atoms with Gasteiger partial charge < -0.3 is 24.4 Å². The number of ether oxygens (including phenoxy) is 3. The molecule has 2 aromatic rings. The predicted octanol–water partition coefficient (Wildman–Crippen LogP) is 3.76. The molecule has 0 aliphatic heterocycles. The lowest BCUT2D eigenvalue weighted by Crippen LogP contribution is -2.14. The molecule has 142 valence electrons. The molecule has 1 N–H and O–H groups in total. The second-order valence-corrected chi connectivity index (χ2v) is 5.76. The van der Waals surface area contributed by atoms with E-state index in [-0.39, 0.29) is 18.3 Å². The van der Waals surface area contributed by atoms with E-state index in [1.54, 1.807) is 12.1 Å². The molecule has 0 aromatic heterocycles. The number of carbonyl (C=O) groups excluding carboxylic acids is 1. The molecule has 0 radical (unpaired) electrons. The molecule has 2 aromatic carbocycles. The molecule has 0 aliphatic carbocycles. The van der Waals surface area contributed by atoms with Gasteiger partial charge in [0.05, 0.1) is 21.3 Å². The van der Waals surface area contributed by atoms with Crippen molar-refractivity contribution in [2.45, 2.75) is 6.92 Å². The summed E-state index contributed by atoms with van der Waals surface area (Å²) in [6.45, 7) is 1.96. The summed E-state index contributed by atoms with van der Waals surface area (Å²) < 4.78 is 15.9. The lowest BCUT2D eigenvalue weighted by molar-refractivity contribution is 0.102. The average Bonchev–Trinajstić information content (AvgIpc) is 2.61. The molecular formula is C19H25ClN2O4. The molecule has 0 heterocycles. The van der Waals surface area contributed by atoms with Crippen molar-refractivity contribution in [2.75, 3.05) is 45.6 Å². The van der Waals surface area contributed by atoms with E-state index in [4.69, 9.17) is 14.2 Å². The van der Waals surface area contributed by atoms with Crippen molar-refractivity contribution >= 4 is 29.7 Å². The number of rotatable bonds is 6. The van der Waals surface area contributed by atoms with Crippen molar-refractivity contribution in [2.24, 2.45) is 0 Å². The topological polar surface area (TPSA) is 60.0 Å². The van der Waals surface area contributed by atoms with Gasteiger partial charge >= 0.3 is 0 Å². The number of benzene rings is 2. The second-order valence-electron chi connectivity index (χ2n) is 5.76. The van der Waals surface area contributed by atoms with Gasteiger partial charge in [-0.05, 0) is 42.8 Å². The quantitative estimate of drug-likeness (QED) is 0.826. The number of hydrogen-bond donors (Lipinski definition) is 1. The fourth-order valence-electron chi connectivity index (χ4n) is 2.47. The first kappa shape index (κ1) is 21.4. The maximum Gasteiger partial charge on any atom is 0.255 e. The monoisotopic (exact) mass is 380 g/mol. The zero-order valence-corrected chi connectivity index (χ0v) is 16.7. The molecule has 0 fully saturated rings.